The van der Waals surface area contributed by atoms with Crippen molar-refractivity contribution in [1.82, 2.24) is 15.0 Å². The number of carbonyl (C=O) groups is 1. The van der Waals surface area contributed by atoms with E-state index in [1.54, 1.807) is 25.6 Å². The van der Waals surface area contributed by atoms with E-state index in [4.69, 9.17) is 9.47 Å². The number of aromatic nitrogens is 3. The maximum Gasteiger partial charge on any atom is 0.211 e. The summed E-state index contributed by atoms with van der Waals surface area (Å²) in [6, 6.07) is 1.68. The molecule has 2 aromatic rings. The maximum atomic E-state index is 9.99. The molecule has 0 aromatic carbocycles. The van der Waals surface area contributed by atoms with Crippen molar-refractivity contribution < 1.29 is 14.3 Å². The third-order valence-electron chi connectivity index (χ3n) is 5.11. The predicted molar refractivity (Wildman–Crippen MR) is 124 cm³/mol. The summed E-state index contributed by atoms with van der Waals surface area (Å²) in [6.07, 6.45) is 10.6. The fourth-order valence-electron chi connectivity index (χ4n) is 2.64. The Kier molecular flexibility index (Phi) is 11.2. The second-order valence-corrected chi connectivity index (χ2v) is 7.70. The number of rotatable bonds is 8. The zero-order chi connectivity index (χ0) is 23.3. The number of anilines is 1. The number of aryl methyl sites for hydroxylation is 2. The summed E-state index contributed by atoms with van der Waals surface area (Å²) in [5, 5.41) is 2.46. The monoisotopic (exact) mass is 428 g/mol. The molecule has 1 fully saturated rings. The fraction of sp³-hybridized carbons (Fsp3) is 0.500. The number of amides is 1. The summed E-state index contributed by atoms with van der Waals surface area (Å²) < 4.78 is 10.7. The molecule has 170 valence electrons. The van der Waals surface area contributed by atoms with E-state index in [1.165, 1.54) is 12.6 Å². The van der Waals surface area contributed by atoms with E-state index in [9.17, 15) is 4.79 Å². The van der Waals surface area contributed by atoms with E-state index in [2.05, 4.69) is 54.5 Å². The number of carbonyl (C=O) groups excluding carboxylic acids is 1. The van der Waals surface area contributed by atoms with Crippen LogP contribution in [0, 0.1) is 18.3 Å². The lowest BCUT2D eigenvalue weighted by molar-refractivity contribution is -0.105. The first-order chi connectivity index (χ1) is 14.8. The van der Waals surface area contributed by atoms with Gasteiger partial charge in [0.25, 0.3) is 0 Å². The molecule has 0 radical (unpaired) electrons. The van der Waals surface area contributed by atoms with E-state index in [-0.39, 0.29) is 0 Å². The Hall–Kier alpha value is -2.96. The van der Waals surface area contributed by atoms with Gasteiger partial charge in [-0.1, -0.05) is 33.8 Å². The second kappa shape index (κ2) is 13.4. The van der Waals surface area contributed by atoms with Crippen LogP contribution in [0.5, 0.6) is 11.5 Å². The van der Waals surface area contributed by atoms with Crippen molar-refractivity contribution in [3.05, 3.63) is 48.8 Å². The van der Waals surface area contributed by atoms with Gasteiger partial charge in [-0.05, 0) is 32.1 Å². The number of allylic oxidation sites excluding steroid dienone is 1. The summed E-state index contributed by atoms with van der Waals surface area (Å²) >= 11 is 0. The average Bonchev–Trinajstić information content (AvgIpc) is 3.39. The van der Waals surface area contributed by atoms with Gasteiger partial charge in [-0.15, -0.1) is 6.58 Å². The van der Waals surface area contributed by atoms with Crippen LogP contribution < -0.4 is 14.8 Å². The molecule has 0 spiro atoms. The molecule has 1 amide bonds. The van der Waals surface area contributed by atoms with Gasteiger partial charge in [-0.25, -0.2) is 9.97 Å². The molecule has 0 aliphatic heterocycles. The number of hydrogen-bond donors (Lipinski definition) is 1. The van der Waals surface area contributed by atoms with Gasteiger partial charge >= 0.3 is 0 Å². The zero-order valence-electron chi connectivity index (χ0n) is 19.6. The Bertz CT molecular complexity index is 828. The van der Waals surface area contributed by atoms with Gasteiger partial charge in [-0.2, -0.15) is 0 Å². The van der Waals surface area contributed by atoms with E-state index in [0.717, 1.165) is 42.6 Å². The molecule has 7 heteroatoms. The minimum absolute atomic E-state index is 0.371. The minimum atomic E-state index is 0.371. The lowest BCUT2D eigenvalue weighted by Crippen LogP contribution is -2.12. The molecule has 1 aliphatic rings. The van der Waals surface area contributed by atoms with Gasteiger partial charge in [0.1, 0.15) is 11.6 Å². The predicted octanol–water partition coefficient (Wildman–Crippen LogP) is 5.01. The molecule has 1 N–H and O–H groups in total. The lowest BCUT2D eigenvalue weighted by Gasteiger charge is -2.14. The lowest BCUT2D eigenvalue weighted by atomic mass is 10.1. The Balaban J connectivity index is 0.000000278. The second-order valence-electron chi connectivity index (χ2n) is 7.70. The first-order valence-electron chi connectivity index (χ1n) is 10.6. The Morgan fingerprint density at radius 3 is 2.52 bits per heavy atom. The van der Waals surface area contributed by atoms with Gasteiger partial charge in [0, 0.05) is 11.5 Å². The molecule has 2 heterocycles. The van der Waals surface area contributed by atoms with Crippen molar-refractivity contribution >= 4 is 12.1 Å². The number of nitrogens with zero attached hydrogens (tertiary/aromatic N) is 3. The first kappa shape index (κ1) is 26.1. The summed E-state index contributed by atoms with van der Waals surface area (Å²) in [5.41, 5.74) is 2.01. The Morgan fingerprint density at radius 1 is 1.32 bits per heavy atom. The van der Waals surface area contributed by atoms with Crippen LogP contribution in [-0.2, 0) is 11.2 Å². The Morgan fingerprint density at radius 2 is 2.00 bits per heavy atom. The smallest absolute Gasteiger partial charge is 0.211 e. The SMILES string of the molecule is C=CCC.CCc1nc(C)ncc1OC[C@@]1(C)CC1C.COc1cncc(NC=O)c1. The Labute approximate surface area is 186 Å². The standard InChI is InChI=1S/C13H20N2O.C7H8N2O2.C4H8/c1-5-11-12(7-14-10(3)15-11)16-8-13(4)6-9(13)2;1-11-7-2-6(9-5-10)3-8-4-7;1-3-4-2/h7,9H,5-6,8H2,1-4H3;2-5H,1H3,(H,9,10);3H,1,4H2,2H3/t9?,13-;;/m1../s1. The summed E-state index contributed by atoms with van der Waals surface area (Å²) in [6.45, 7) is 14.9. The molecule has 1 saturated carbocycles. The quantitative estimate of drug-likeness (QED) is 0.470. The van der Waals surface area contributed by atoms with E-state index in [1.807, 2.05) is 13.0 Å². The van der Waals surface area contributed by atoms with Crippen molar-refractivity contribution in [3.8, 4) is 11.5 Å². The van der Waals surface area contributed by atoms with Gasteiger partial charge in [0.15, 0.2) is 5.75 Å². The van der Waals surface area contributed by atoms with Crippen molar-refractivity contribution in [2.75, 3.05) is 19.0 Å². The van der Waals surface area contributed by atoms with Crippen molar-refractivity contribution in [2.45, 2.75) is 53.9 Å². The van der Waals surface area contributed by atoms with Gasteiger partial charge in [0.05, 0.1) is 43.7 Å². The molecule has 7 nitrogen and oxygen atoms in total. The number of pyridine rings is 1. The van der Waals surface area contributed by atoms with Gasteiger partial charge < -0.3 is 14.8 Å². The highest BCUT2D eigenvalue weighted by Crippen LogP contribution is 2.51. The normalized spacial score (nSPS) is 18.3. The van der Waals surface area contributed by atoms with Crippen LogP contribution in [-0.4, -0.2) is 35.1 Å². The van der Waals surface area contributed by atoms with Crippen LogP contribution in [0.25, 0.3) is 0 Å². The highest BCUT2D eigenvalue weighted by molar-refractivity contribution is 5.71. The molecule has 0 bridgehead atoms. The molecule has 31 heavy (non-hydrogen) atoms. The highest BCUT2D eigenvalue weighted by Gasteiger charge is 2.47. The molecule has 1 aliphatic carbocycles. The summed E-state index contributed by atoms with van der Waals surface area (Å²) in [5.74, 6) is 3.07. The van der Waals surface area contributed by atoms with Crippen LogP contribution in [0.3, 0.4) is 0 Å². The molecule has 2 atom stereocenters. The van der Waals surface area contributed by atoms with Crippen molar-refractivity contribution in [3.63, 3.8) is 0 Å². The van der Waals surface area contributed by atoms with Crippen molar-refractivity contribution in [2.24, 2.45) is 11.3 Å². The van der Waals surface area contributed by atoms with E-state index < -0.39 is 0 Å². The fourth-order valence-corrected chi connectivity index (χ4v) is 2.64. The van der Waals surface area contributed by atoms with Crippen LogP contribution in [0.4, 0.5) is 5.69 Å². The van der Waals surface area contributed by atoms with E-state index >= 15 is 0 Å². The molecule has 2 aromatic heterocycles. The van der Waals surface area contributed by atoms with Gasteiger partial charge in [0.2, 0.25) is 6.41 Å². The highest BCUT2D eigenvalue weighted by atomic mass is 16.5. The van der Waals surface area contributed by atoms with Gasteiger partial charge in [-0.3, -0.25) is 9.78 Å². The van der Waals surface area contributed by atoms with Crippen LogP contribution in [0.1, 0.15) is 52.1 Å². The number of ether oxygens (including phenoxy) is 2. The largest absolute Gasteiger partial charge is 0.495 e. The van der Waals surface area contributed by atoms with Crippen LogP contribution in [0.2, 0.25) is 0 Å². The summed E-state index contributed by atoms with van der Waals surface area (Å²) in [7, 11) is 1.54. The molecule has 1 unspecified atom stereocenters. The third kappa shape index (κ3) is 9.15. The number of nitrogens with one attached hydrogen (secondary N) is 1. The van der Waals surface area contributed by atoms with Crippen LogP contribution in [0.15, 0.2) is 37.3 Å². The molecular formula is C24H36N4O3. The first-order valence-corrected chi connectivity index (χ1v) is 10.6. The molecule has 0 saturated heterocycles. The number of methoxy groups -OCH3 is 1. The topological polar surface area (TPSA) is 86.2 Å². The minimum Gasteiger partial charge on any atom is -0.495 e. The third-order valence-corrected chi connectivity index (χ3v) is 5.11. The average molecular weight is 429 g/mol. The molecular weight excluding hydrogens is 392 g/mol. The summed E-state index contributed by atoms with van der Waals surface area (Å²) in [4.78, 5) is 22.4. The molecule has 3 rings (SSSR count). The van der Waals surface area contributed by atoms with Crippen LogP contribution >= 0.6 is 0 Å². The maximum absolute atomic E-state index is 9.99. The van der Waals surface area contributed by atoms with E-state index in [0.29, 0.717) is 23.3 Å². The zero-order valence-corrected chi connectivity index (χ0v) is 19.6. The number of hydrogen-bond acceptors (Lipinski definition) is 6. The van der Waals surface area contributed by atoms with Crippen molar-refractivity contribution in [1.29, 1.82) is 0 Å².